The second kappa shape index (κ2) is 8.49. The second-order valence-corrected chi connectivity index (χ2v) is 6.19. The minimum Gasteiger partial charge on any atom is -0.497 e. The molecule has 0 spiro atoms. The molecular formula is C21H24N2O4. The number of carbonyl (C=O) groups excluding carboxylic acids is 1. The zero-order chi connectivity index (χ0) is 19.2. The number of H-pyrrole nitrogens is 1. The van der Waals surface area contributed by atoms with E-state index in [0.717, 1.165) is 39.4 Å². The van der Waals surface area contributed by atoms with Gasteiger partial charge in [0, 0.05) is 16.6 Å². The lowest BCUT2D eigenvalue weighted by atomic mass is 10.1. The van der Waals surface area contributed by atoms with Gasteiger partial charge in [0.2, 0.25) is 5.91 Å². The molecule has 0 unspecified atom stereocenters. The van der Waals surface area contributed by atoms with Crippen molar-refractivity contribution in [1.29, 1.82) is 0 Å². The van der Waals surface area contributed by atoms with Crippen molar-refractivity contribution in [2.45, 2.75) is 13.3 Å². The third-order valence-electron chi connectivity index (χ3n) is 4.42. The second-order valence-electron chi connectivity index (χ2n) is 6.19. The number of aromatic nitrogens is 1. The zero-order valence-electron chi connectivity index (χ0n) is 15.8. The molecule has 27 heavy (non-hydrogen) atoms. The number of hydrogen-bond donors (Lipinski definition) is 2. The summed E-state index contributed by atoms with van der Waals surface area (Å²) in [5.74, 6) is 2.25. The van der Waals surface area contributed by atoms with Gasteiger partial charge in [0.15, 0.2) is 0 Å². The first kappa shape index (κ1) is 18.6. The summed E-state index contributed by atoms with van der Waals surface area (Å²) < 4.78 is 16.0. The Kier molecular flexibility index (Phi) is 5.86. The first-order valence-electron chi connectivity index (χ1n) is 8.79. The van der Waals surface area contributed by atoms with Crippen LogP contribution >= 0.6 is 0 Å². The molecule has 0 bridgehead atoms. The fraction of sp³-hybridized carbons (Fsp3) is 0.286. The standard InChI is InChI=1S/C21H24N2O4/c1-14-18(19-12-17(26-3)8-9-20(19)23-14)13-21(24)22-10-11-27-16-6-4-15(25-2)5-7-16/h4-9,12,23H,10-11,13H2,1-3H3,(H,22,24). The molecule has 2 aromatic carbocycles. The molecule has 6 heteroatoms. The predicted octanol–water partition coefficient (Wildman–Crippen LogP) is 3.23. The number of carbonyl (C=O) groups is 1. The number of aromatic amines is 1. The maximum Gasteiger partial charge on any atom is 0.224 e. The Labute approximate surface area is 158 Å². The molecule has 0 atom stereocenters. The van der Waals surface area contributed by atoms with Gasteiger partial charge in [-0.05, 0) is 55.0 Å². The summed E-state index contributed by atoms with van der Waals surface area (Å²) in [7, 11) is 3.26. The Morgan fingerprint density at radius 2 is 1.67 bits per heavy atom. The maximum atomic E-state index is 12.3. The third kappa shape index (κ3) is 4.53. The van der Waals surface area contributed by atoms with Crippen LogP contribution in [0.15, 0.2) is 42.5 Å². The molecule has 142 valence electrons. The van der Waals surface area contributed by atoms with Gasteiger partial charge in [0.1, 0.15) is 23.9 Å². The van der Waals surface area contributed by atoms with E-state index >= 15 is 0 Å². The number of methoxy groups -OCH3 is 2. The summed E-state index contributed by atoms with van der Waals surface area (Å²) in [5, 5.41) is 3.91. The van der Waals surface area contributed by atoms with Gasteiger partial charge in [-0.3, -0.25) is 4.79 Å². The van der Waals surface area contributed by atoms with Crippen LogP contribution in [0.3, 0.4) is 0 Å². The van der Waals surface area contributed by atoms with E-state index in [1.54, 1.807) is 14.2 Å². The lowest BCUT2D eigenvalue weighted by Crippen LogP contribution is -2.29. The highest BCUT2D eigenvalue weighted by molar-refractivity contribution is 5.91. The zero-order valence-corrected chi connectivity index (χ0v) is 15.8. The van der Waals surface area contributed by atoms with Crippen molar-refractivity contribution in [3.05, 3.63) is 53.7 Å². The molecule has 1 heterocycles. The molecule has 3 aromatic rings. The molecule has 3 rings (SSSR count). The van der Waals surface area contributed by atoms with E-state index in [1.807, 2.05) is 49.4 Å². The summed E-state index contributed by atoms with van der Waals surface area (Å²) in [4.78, 5) is 15.6. The fourth-order valence-electron chi connectivity index (χ4n) is 2.97. The molecule has 0 aliphatic rings. The molecular weight excluding hydrogens is 344 g/mol. The van der Waals surface area contributed by atoms with Crippen molar-refractivity contribution in [2.24, 2.45) is 0 Å². The van der Waals surface area contributed by atoms with E-state index in [4.69, 9.17) is 14.2 Å². The minimum absolute atomic E-state index is 0.0415. The number of fused-ring (bicyclic) bond motifs is 1. The van der Waals surface area contributed by atoms with E-state index in [0.29, 0.717) is 19.6 Å². The van der Waals surface area contributed by atoms with Crippen LogP contribution in [0.5, 0.6) is 17.2 Å². The number of benzene rings is 2. The van der Waals surface area contributed by atoms with Crippen LogP contribution < -0.4 is 19.5 Å². The SMILES string of the molecule is COc1ccc(OCCNC(=O)Cc2c(C)[nH]c3ccc(OC)cc23)cc1. The van der Waals surface area contributed by atoms with Crippen LogP contribution in [0, 0.1) is 6.92 Å². The third-order valence-corrected chi connectivity index (χ3v) is 4.42. The highest BCUT2D eigenvalue weighted by atomic mass is 16.5. The van der Waals surface area contributed by atoms with Gasteiger partial charge < -0.3 is 24.5 Å². The number of amides is 1. The number of nitrogens with one attached hydrogen (secondary N) is 2. The van der Waals surface area contributed by atoms with E-state index in [2.05, 4.69) is 10.3 Å². The monoisotopic (exact) mass is 368 g/mol. The summed E-state index contributed by atoms with van der Waals surface area (Å²) in [6, 6.07) is 13.2. The van der Waals surface area contributed by atoms with Crippen molar-refractivity contribution >= 4 is 16.8 Å². The highest BCUT2D eigenvalue weighted by Crippen LogP contribution is 2.26. The number of rotatable bonds is 8. The Hall–Kier alpha value is -3.15. The smallest absolute Gasteiger partial charge is 0.224 e. The molecule has 1 amide bonds. The Morgan fingerprint density at radius 3 is 2.37 bits per heavy atom. The van der Waals surface area contributed by atoms with E-state index in [-0.39, 0.29) is 5.91 Å². The lowest BCUT2D eigenvalue weighted by molar-refractivity contribution is -0.120. The van der Waals surface area contributed by atoms with Crippen LogP contribution in [0.25, 0.3) is 10.9 Å². The van der Waals surface area contributed by atoms with Crippen LogP contribution in [-0.4, -0.2) is 38.3 Å². The molecule has 0 fully saturated rings. The summed E-state index contributed by atoms with van der Waals surface area (Å²) in [5.41, 5.74) is 2.97. The van der Waals surface area contributed by atoms with Gasteiger partial charge in [-0.2, -0.15) is 0 Å². The van der Waals surface area contributed by atoms with Crippen molar-refractivity contribution < 1.29 is 19.0 Å². The summed E-state index contributed by atoms with van der Waals surface area (Å²) >= 11 is 0. The molecule has 2 N–H and O–H groups in total. The summed E-state index contributed by atoms with van der Waals surface area (Å²) in [6.45, 7) is 2.82. The highest BCUT2D eigenvalue weighted by Gasteiger charge is 2.13. The van der Waals surface area contributed by atoms with Crippen molar-refractivity contribution in [1.82, 2.24) is 10.3 Å². The van der Waals surface area contributed by atoms with Crippen LogP contribution in [-0.2, 0) is 11.2 Å². The largest absolute Gasteiger partial charge is 0.497 e. The number of aryl methyl sites for hydroxylation is 1. The van der Waals surface area contributed by atoms with Crippen molar-refractivity contribution in [3.63, 3.8) is 0 Å². The molecule has 1 aromatic heterocycles. The molecule has 0 radical (unpaired) electrons. The molecule has 0 aliphatic heterocycles. The first-order chi connectivity index (χ1) is 13.1. The predicted molar refractivity (Wildman–Crippen MR) is 105 cm³/mol. The van der Waals surface area contributed by atoms with Gasteiger partial charge in [-0.25, -0.2) is 0 Å². The van der Waals surface area contributed by atoms with Gasteiger partial charge in [-0.1, -0.05) is 0 Å². The van der Waals surface area contributed by atoms with E-state index < -0.39 is 0 Å². The van der Waals surface area contributed by atoms with Gasteiger partial charge >= 0.3 is 0 Å². The van der Waals surface area contributed by atoms with Crippen LogP contribution in [0.2, 0.25) is 0 Å². The first-order valence-corrected chi connectivity index (χ1v) is 8.79. The molecule has 0 saturated carbocycles. The Balaban J connectivity index is 1.53. The number of ether oxygens (including phenoxy) is 3. The van der Waals surface area contributed by atoms with E-state index in [1.165, 1.54) is 0 Å². The van der Waals surface area contributed by atoms with Crippen molar-refractivity contribution in [2.75, 3.05) is 27.4 Å². The molecule has 0 saturated heterocycles. The Morgan fingerprint density at radius 1 is 1.00 bits per heavy atom. The summed E-state index contributed by atoms with van der Waals surface area (Å²) in [6.07, 6.45) is 0.307. The maximum absolute atomic E-state index is 12.3. The normalized spacial score (nSPS) is 10.6. The van der Waals surface area contributed by atoms with Gasteiger partial charge in [0.05, 0.1) is 27.2 Å². The minimum atomic E-state index is -0.0415. The van der Waals surface area contributed by atoms with Gasteiger partial charge in [0.25, 0.3) is 0 Å². The van der Waals surface area contributed by atoms with Crippen molar-refractivity contribution in [3.8, 4) is 17.2 Å². The molecule has 6 nitrogen and oxygen atoms in total. The van der Waals surface area contributed by atoms with Crippen LogP contribution in [0.4, 0.5) is 0 Å². The fourth-order valence-corrected chi connectivity index (χ4v) is 2.97. The number of hydrogen-bond acceptors (Lipinski definition) is 4. The average Bonchev–Trinajstić information content (AvgIpc) is 3.00. The van der Waals surface area contributed by atoms with Crippen LogP contribution in [0.1, 0.15) is 11.3 Å². The molecule has 0 aliphatic carbocycles. The quantitative estimate of drug-likeness (QED) is 0.599. The van der Waals surface area contributed by atoms with E-state index in [9.17, 15) is 4.79 Å². The van der Waals surface area contributed by atoms with Gasteiger partial charge in [-0.15, -0.1) is 0 Å². The average molecular weight is 368 g/mol. The topological polar surface area (TPSA) is 72.6 Å². The lowest BCUT2D eigenvalue weighted by Gasteiger charge is -2.09. The Bertz CT molecular complexity index is 916.